The van der Waals surface area contributed by atoms with Gasteiger partial charge in [-0.05, 0) is 57.0 Å². The predicted octanol–water partition coefficient (Wildman–Crippen LogP) is 1.67. The monoisotopic (exact) mass is 302 g/mol. The van der Waals surface area contributed by atoms with Crippen molar-refractivity contribution in [3.8, 4) is 11.5 Å². The molecule has 4 aliphatic heterocycles. The van der Waals surface area contributed by atoms with Gasteiger partial charge in [0.1, 0.15) is 12.7 Å². The van der Waals surface area contributed by atoms with Crippen LogP contribution in [0.4, 0.5) is 0 Å². The van der Waals surface area contributed by atoms with E-state index in [-0.39, 0.29) is 18.1 Å². The van der Waals surface area contributed by atoms with Crippen molar-refractivity contribution in [3.05, 3.63) is 23.8 Å². The molecule has 1 aromatic rings. The summed E-state index contributed by atoms with van der Waals surface area (Å²) in [6.45, 7) is 5.86. The van der Waals surface area contributed by atoms with Gasteiger partial charge in [0, 0.05) is 18.2 Å². The number of hydrogen-bond donors (Lipinski definition) is 1. The summed E-state index contributed by atoms with van der Waals surface area (Å²) in [4.78, 5) is 15.0. The van der Waals surface area contributed by atoms with Crippen LogP contribution in [0.1, 0.15) is 30.1 Å². The van der Waals surface area contributed by atoms with E-state index in [0.29, 0.717) is 23.8 Å². The molecular formula is C17H22N2O3. The molecular weight excluding hydrogens is 280 g/mol. The first-order chi connectivity index (χ1) is 10.7. The highest BCUT2D eigenvalue weighted by atomic mass is 16.6. The fourth-order valence-corrected chi connectivity index (χ4v) is 3.70. The molecule has 3 fully saturated rings. The number of rotatable bonds is 2. The van der Waals surface area contributed by atoms with E-state index < -0.39 is 0 Å². The Kier molecular flexibility index (Phi) is 3.45. The van der Waals surface area contributed by atoms with Crippen molar-refractivity contribution in [2.75, 3.05) is 26.2 Å². The fourth-order valence-electron chi connectivity index (χ4n) is 3.70. The van der Waals surface area contributed by atoms with Gasteiger partial charge in [0.15, 0.2) is 11.5 Å². The molecule has 0 spiro atoms. The molecule has 2 unspecified atom stereocenters. The first kappa shape index (κ1) is 13.9. The maximum Gasteiger partial charge on any atom is 0.251 e. The van der Waals surface area contributed by atoms with Gasteiger partial charge in [-0.1, -0.05) is 0 Å². The Morgan fingerprint density at radius 3 is 2.82 bits per heavy atom. The van der Waals surface area contributed by atoms with Crippen LogP contribution in [-0.4, -0.2) is 49.2 Å². The number of carbonyl (C=O) groups is 1. The lowest BCUT2D eigenvalue weighted by Crippen LogP contribution is -2.57. The highest BCUT2D eigenvalue weighted by molar-refractivity contribution is 5.95. The molecule has 4 heterocycles. The zero-order chi connectivity index (χ0) is 15.1. The van der Waals surface area contributed by atoms with Gasteiger partial charge < -0.3 is 19.7 Å². The average Bonchev–Trinajstić information content (AvgIpc) is 2.55. The maximum atomic E-state index is 12.5. The van der Waals surface area contributed by atoms with Crippen LogP contribution >= 0.6 is 0 Å². The van der Waals surface area contributed by atoms with Gasteiger partial charge in [-0.15, -0.1) is 0 Å². The second-order valence-corrected chi connectivity index (χ2v) is 6.62. The van der Waals surface area contributed by atoms with Crippen molar-refractivity contribution < 1.29 is 14.3 Å². The smallest absolute Gasteiger partial charge is 0.251 e. The summed E-state index contributed by atoms with van der Waals surface area (Å²) in [5, 5.41) is 3.21. The Balaban J connectivity index is 1.47. The molecule has 3 saturated heterocycles. The van der Waals surface area contributed by atoms with Crippen LogP contribution < -0.4 is 14.8 Å². The molecule has 5 nitrogen and oxygen atoms in total. The largest absolute Gasteiger partial charge is 0.486 e. The predicted molar refractivity (Wildman–Crippen MR) is 82.4 cm³/mol. The van der Waals surface area contributed by atoms with Gasteiger partial charge in [0.05, 0.1) is 0 Å². The molecule has 2 atom stereocenters. The third-order valence-corrected chi connectivity index (χ3v) is 4.98. The summed E-state index contributed by atoms with van der Waals surface area (Å²) >= 11 is 0. The van der Waals surface area contributed by atoms with E-state index in [0.717, 1.165) is 12.3 Å². The van der Waals surface area contributed by atoms with Gasteiger partial charge in [-0.25, -0.2) is 0 Å². The van der Waals surface area contributed by atoms with Gasteiger partial charge in [-0.3, -0.25) is 4.79 Å². The van der Waals surface area contributed by atoms with E-state index in [1.807, 2.05) is 19.1 Å². The van der Waals surface area contributed by atoms with Crippen LogP contribution in [0.3, 0.4) is 0 Å². The molecule has 118 valence electrons. The number of piperidine rings is 3. The van der Waals surface area contributed by atoms with E-state index in [9.17, 15) is 4.79 Å². The van der Waals surface area contributed by atoms with Gasteiger partial charge >= 0.3 is 0 Å². The van der Waals surface area contributed by atoms with Crippen LogP contribution in [0.2, 0.25) is 0 Å². The lowest BCUT2D eigenvalue weighted by Gasteiger charge is -2.44. The van der Waals surface area contributed by atoms with E-state index in [2.05, 4.69) is 10.2 Å². The molecule has 1 N–H and O–H groups in total. The normalized spacial score (nSPS) is 32.6. The first-order valence-corrected chi connectivity index (χ1v) is 8.16. The minimum atomic E-state index is -0.0108. The number of nitrogens with one attached hydrogen (secondary N) is 1. The topological polar surface area (TPSA) is 50.8 Å². The number of amides is 1. The maximum absolute atomic E-state index is 12.5. The molecule has 1 aromatic carbocycles. The summed E-state index contributed by atoms with van der Waals surface area (Å²) in [5.41, 5.74) is 0.646. The Morgan fingerprint density at radius 2 is 2.09 bits per heavy atom. The van der Waals surface area contributed by atoms with Crippen LogP contribution in [0.5, 0.6) is 11.5 Å². The summed E-state index contributed by atoms with van der Waals surface area (Å²) in [7, 11) is 0. The summed E-state index contributed by atoms with van der Waals surface area (Å²) < 4.78 is 11.3. The van der Waals surface area contributed by atoms with Crippen LogP contribution in [0.15, 0.2) is 18.2 Å². The van der Waals surface area contributed by atoms with Crippen molar-refractivity contribution in [2.24, 2.45) is 5.92 Å². The fraction of sp³-hybridized carbons (Fsp3) is 0.588. The second kappa shape index (κ2) is 5.47. The molecule has 5 rings (SSSR count). The second-order valence-electron chi connectivity index (χ2n) is 6.62. The molecule has 2 bridgehead atoms. The van der Waals surface area contributed by atoms with Crippen molar-refractivity contribution >= 4 is 5.91 Å². The number of benzene rings is 1. The highest BCUT2D eigenvalue weighted by Gasteiger charge is 2.35. The van der Waals surface area contributed by atoms with E-state index in [1.54, 1.807) is 6.07 Å². The van der Waals surface area contributed by atoms with Gasteiger partial charge in [0.2, 0.25) is 0 Å². The van der Waals surface area contributed by atoms with Crippen molar-refractivity contribution in [3.63, 3.8) is 0 Å². The number of nitrogens with zero attached hydrogens (tertiary/aromatic N) is 1. The molecule has 0 radical (unpaired) electrons. The Morgan fingerprint density at radius 1 is 1.27 bits per heavy atom. The zero-order valence-electron chi connectivity index (χ0n) is 12.9. The summed E-state index contributed by atoms with van der Waals surface area (Å²) in [6, 6.07) is 5.71. The standard InChI is InChI=1S/C17H22N2O3/c1-11-10-21-15-3-2-13(8-16(15)22-11)17(20)18-14-9-19-6-4-12(14)5-7-19/h2-3,8,11-12,14H,4-7,9-10H2,1H3,(H,18,20). The SMILES string of the molecule is CC1COc2ccc(C(=O)NC3CN4CCC3CC4)cc2O1. The molecule has 1 amide bonds. The molecule has 5 heteroatoms. The van der Waals surface area contributed by atoms with Gasteiger partial charge in [-0.2, -0.15) is 0 Å². The third kappa shape index (κ3) is 2.54. The summed E-state index contributed by atoms with van der Waals surface area (Å²) in [5.74, 6) is 2.01. The van der Waals surface area contributed by atoms with E-state index >= 15 is 0 Å². The van der Waals surface area contributed by atoms with Crippen molar-refractivity contribution in [1.29, 1.82) is 0 Å². The first-order valence-electron chi connectivity index (χ1n) is 8.16. The van der Waals surface area contributed by atoms with Crippen LogP contribution in [-0.2, 0) is 0 Å². The third-order valence-electron chi connectivity index (χ3n) is 4.98. The van der Waals surface area contributed by atoms with Crippen molar-refractivity contribution in [1.82, 2.24) is 10.2 Å². The zero-order valence-corrected chi connectivity index (χ0v) is 12.9. The Labute approximate surface area is 130 Å². The molecule has 0 aromatic heterocycles. The van der Waals surface area contributed by atoms with Crippen LogP contribution in [0, 0.1) is 5.92 Å². The Bertz CT molecular complexity index is 581. The quantitative estimate of drug-likeness (QED) is 0.903. The van der Waals surface area contributed by atoms with Crippen LogP contribution in [0.25, 0.3) is 0 Å². The number of carbonyl (C=O) groups excluding carboxylic acids is 1. The molecule has 0 aliphatic carbocycles. The van der Waals surface area contributed by atoms with E-state index in [4.69, 9.17) is 9.47 Å². The Hall–Kier alpha value is -1.75. The van der Waals surface area contributed by atoms with E-state index in [1.165, 1.54) is 25.9 Å². The average molecular weight is 302 g/mol. The lowest BCUT2D eigenvalue weighted by molar-refractivity contribution is 0.0619. The lowest BCUT2D eigenvalue weighted by atomic mass is 9.84. The van der Waals surface area contributed by atoms with Gasteiger partial charge in [0.25, 0.3) is 5.91 Å². The number of hydrogen-bond acceptors (Lipinski definition) is 4. The number of fused-ring (bicyclic) bond motifs is 4. The summed E-state index contributed by atoms with van der Waals surface area (Å²) in [6.07, 6.45) is 2.42. The highest BCUT2D eigenvalue weighted by Crippen LogP contribution is 2.33. The molecule has 4 aliphatic rings. The molecule has 22 heavy (non-hydrogen) atoms. The minimum Gasteiger partial charge on any atom is -0.486 e. The number of ether oxygens (including phenoxy) is 2. The van der Waals surface area contributed by atoms with Crippen molar-refractivity contribution in [2.45, 2.75) is 31.9 Å². The molecule has 0 saturated carbocycles. The minimum absolute atomic E-state index is 0.0108.